The molecule has 1 aromatic carbocycles. The molecule has 1 aromatic rings. The van der Waals surface area contributed by atoms with Crippen molar-refractivity contribution in [3.63, 3.8) is 0 Å². The summed E-state index contributed by atoms with van der Waals surface area (Å²) in [6, 6.07) is 3.11. The summed E-state index contributed by atoms with van der Waals surface area (Å²) in [6.45, 7) is 0.993. The van der Waals surface area contributed by atoms with E-state index in [4.69, 9.17) is 54.7 Å². The van der Waals surface area contributed by atoms with Gasteiger partial charge < -0.3 is 19.9 Å². The van der Waals surface area contributed by atoms with Crippen LogP contribution in [-0.2, 0) is 9.47 Å². The zero-order valence-corrected chi connectivity index (χ0v) is 13.2. The van der Waals surface area contributed by atoms with Crippen LogP contribution in [0.3, 0.4) is 0 Å². The van der Waals surface area contributed by atoms with Crippen molar-refractivity contribution < 1.29 is 14.2 Å². The first-order chi connectivity index (χ1) is 9.52. The second-order valence-corrected chi connectivity index (χ2v) is 5.80. The number of hydrogen-bond donors (Lipinski definition) is 1. The molecule has 0 saturated heterocycles. The van der Waals surface area contributed by atoms with Gasteiger partial charge in [0.2, 0.25) is 0 Å². The van der Waals surface area contributed by atoms with Gasteiger partial charge in [0, 0.05) is 25.6 Å². The molecule has 4 nitrogen and oxygen atoms in total. The van der Waals surface area contributed by atoms with E-state index in [1.165, 1.54) is 0 Å². The van der Waals surface area contributed by atoms with Gasteiger partial charge in [0.25, 0.3) is 0 Å². The van der Waals surface area contributed by atoms with E-state index in [9.17, 15) is 0 Å². The lowest BCUT2D eigenvalue weighted by atomic mass is 9.86. The minimum atomic E-state index is -0.171. The quantitative estimate of drug-likeness (QED) is 0.638. The van der Waals surface area contributed by atoms with Crippen LogP contribution in [0.4, 0.5) is 0 Å². The predicted molar refractivity (Wildman–Crippen MR) is 80.1 cm³/mol. The fourth-order valence-electron chi connectivity index (χ4n) is 1.99. The third-order valence-electron chi connectivity index (χ3n) is 3.14. The molecule has 1 fully saturated rings. The maximum atomic E-state index is 6.08. The smallest absolute Gasteiger partial charge is 0.140 e. The highest BCUT2D eigenvalue weighted by Gasteiger charge is 2.41. The van der Waals surface area contributed by atoms with E-state index in [1.54, 1.807) is 19.2 Å². The van der Waals surface area contributed by atoms with E-state index in [2.05, 4.69) is 0 Å². The van der Waals surface area contributed by atoms with E-state index in [1.807, 2.05) is 0 Å². The van der Waals surface area contributed by atoms with Crippen LogP contribution >= 0.6 is 34.8 Å². The summed E-state index contributed by atoms with van der Waals surface area (Å²) in [5.74, 6) is 0.485. The molecule has 0 bridgehead atoms. The van der Waals surface area contributed by atoms with Crippen LogP contribution in [-0.4, -0.2) is 38.6 Å². The summed E-state index contributed by atoms with van der Waals surface area (Å²) in [5, 5.41) is 1.20. The van der Waals surface area contributed by atoms with Gasteiger partial charge in [-0.3, -0.25) is 0 Å². The molecule has 3 unspecified atom stereocenters. The zero-order chi connectivity index (χ0) is 14.7. The molecular formula is C13H16Cl3NO3. The summed E-state index contributed by atoms with van der Waals surface area (Å²) in [5.41, 5.74) is 5.92. The second-order valence-electron chi connectivity index (χ2n) is 4.58. The van der Waals surface area contributed by atoms with Crippen molar-refractivity contribution in [1.82, 2.24) is 0 Å². The SMILES string of the molecule is COCCOC1C(N)CC1Oc1cc(Cl)c(Cl)cc1Cl. The molecule has 2 rings (SSSR count). The number of nitrogens with two attached hydrogens (primary N) is 1. The molecule has 0 heterocycles. The Labute approximate surface area is 133 Å². The van der Waals surface area contributed by atoms with Crippen molar-refractivity contribution in [2.24, 2.45) is 5.73 Å². The molecule has 3 atom stereocenters. The van der Waals surface area contributed by atoms with Crippen molar-refractivity contribution in [3.8, 4) is 5.75 Å². The van der Waals surface area contributed by atoms with Gasteiger partial charge in [0.1, 0.15) is 18.0 Å². The Bertz CT molecular complexity index is 472. The van der Waals surface area contributed by atoms with Crippen molar-refractivity contribution in [2.45, 2.75) is 24.7 Å². The molecule has 2 N–H and O–H groups in total. The Morgan fingerprint density at radius 1 is 1.15 bits per heavy atom. The van der Waals surface area contributed by atoms with Gasteiger partial charge in [0.15, 0.2) is 0 Å². The lowest BCUT2D eigenvalue weighted by Gasteiger charge is -2.41. The van der Waals surface area contributed by atoms with Crippen LogP contribution in [0.2, 0.25) is 15.1 Å². The fraction of sp³-hybridized carbons (Fsp3) is 0.538. The molecule has 7 heteroatoms. The number of halogens is 3. The normalized spacial score (nSPS) is 25.4. The molecule has 0 amide bonds. The van der Waals surface area contributed by atoms with E-state index in [-0.39, 0.29) is 18.2 Å². The Hall–Kier alpha value is -0.230. The molecule has 0 aromatic heterocycles. The lowest BCUT2D eigenvalue weighted by Crippen LogP contribution is -2.59. The standard InChI is InChI=1S/C13H16Cl3NO3/c1-18-2-3-19-13-10(17)6-12(13)20-11-5-8(15)7(14)4-9(11)16/h4-5,10,12-13H,2-3,6,17H2,1H3. The first-order valence-electron chi connectivity index (χ1n) is 6.20. The maximum absolute atomic E-state index is 6.08. The van der Waals surface area contributed by atoms with Crippen LogP contribution in [0.1, 0.15) is 6.42 Å². The number of ether oxygens (including phenoxy) is 3. The van der Waals surface area contributed by atoms with Gasteiger partial charge in [0.05, 0.1) is 28.3 Å². The molecule has 1 aliphatic rings. The van der Waals surface area contributed by atoms with Gasteiger partial charge >= 0.3 is 0 Å². The largest absolute Gasteiger partial charge is 0.486 e. The van der Waals surface area contributed by atoms with Gasteiger partial charge in [-0.15, -0.1) is 0 Å². The lowest BCUT2D eigenvalue weighted by molar-refractivity contribution is -0.107. The van der Waals surface area contributed by atoms with E-state index >= 15 is 0 Å². The summed E-state index contributed by atoms with van der Waals surface area (Å²) < 4.78 is 16.4. The topological polar surface area (TPSA) is 53.7 Å². The molecule has 20 heavy (non-hydrogen) atoms. The van der Waals surface area contributed by atoms with Crippen molar-refractivity contribution in [3.05, 3.63) is 27.2 Å². The van der Waals surface area contributed by atoms with E-state index in [0.29, 0.717) is 40.5 Å². The van der Waals surface area contributed by atoms with Gasteiger partial charge in [-0.05, 0) is 6.07 Å². The average molecular weight is 341 g/mol. The van der Waals surface area contributed by atoms with Gasteiger partial charge in [-0.25, -0.2) is 0 Å². The van der Waals surface area contributed by atoms with E-state index in [0.717, 1.165) is 0 Å². The maximum Gasteiger partial charge on any atom is 0.140 e. The molecule has 0 aliphatic heterocycles. The minimum Gasteiger partial charge on any atom is -0.486 e. The second kappa shape index (κ2) is 7.16. The fourth-order valence-corrected chi connectivity index (χ4v) is 2.57. The van der Waals surface area contributed by atoms with Crippen LogP contribution in [0, 0.1) is 0 Å². The molecule has 1 saturated carbocycles. The van der Waals surface area contributed by atoms with Crippen LogP contribution in [0.5, 0.6) is 5.75 Å². The molecule has 112 valence electrons. The highest BCUT2D eigenvalue weighted by Crippen LogP contribution is 2.37. The predicted octanol–water partition coefficient (Wildman–Crippen LogP) is 3.16. The number of hydrogen-bond acceptors (Lipinski definition) is 4. The minimum absolute atomic E-state index is 0.0431. The van der Waals surface area contributed by atoms with Gasteiger partial charge in [-0.1, -0.05) is 34.8 Å². The molecule has 0 spiro atoms. The van der Waals surface area contributed by atoms with E-state index < -0.39 is 0 Å². The Balaban J connectivity index is 1.97. The number of methoxy groups -OCH3 is 1. The van der Waals surface area contributed by atoms with Crippen molar-refractivity contribution >= 4 is 34.8 Å². The Morgan fingerprint density at radius 3 is 2.50 bits per heavy atom. The zero-order valence-electron chi connectivity index (χ0n) is 10.9. The number of rotatable bonds is 6. The molecule has 0 radical (unpaired) electrons. The molecule has 1 aliphatic carbocycles. The summed E-state index contributed by atoms with van der Waals surface area (Å²) >= 11 is 17.9. The van der Waals surface area contributed by atoms with Crippen molar-refractivity contribution in [2.75, 3.05) is 20.3 Å². The summed E-state index contributed by atoms with van der Waals surface area (Å²) in [4.78, 5) is 0. The van der Waals surface area contributed by atoms with Gasteiger partial charge in [-0.2, -0.15) is 0 Å². The third kappa shape index (κ3) is 3.70. The highest BCUT2D eigenvalue weighted by atomic mass is 35.5. The summed E-state index contributed by atoms with van der Waals surface area (Å²) in [7, 11) is 1.62. The number of benzene rings is 1. The van der Waals surface area contributed by atoms with Crippen LogP contribution in [0.25, 0.3) is 0 Å². The molecular weight excluding hydrogens is 325 g/mol. The highest BCUT2D eigenvalue weighted by molar-refractivity contribution is 6.43. The Morgan fingerprint density at radius 2 is 1.85 bits per heavy atom. The first kappa shape index (κ1) is 16.1. The third-order valence-corrected chi connectivity index (χ3v) is 4.16. The van der Waals surface area contributed by atoms with Crippen LogP contribution in [0.15, 0.2) is 12.1 Å². The Kier molecular flexibility index (Phi) is 5.78. The average Bonchev–Trinajstić information content (AvgIpc) is 2.40. The van der Waals surface area contributed by atoms with Crippen molar-refractivity contribution in [1.29, 1.82) is 0 Å². The monoisotopic (exact) mass is 339 g/mol. The van der Waals surface area contributed by atoms with Crippen LogP contribution < -0.4 is 10.5 Å². The summed E-state index contributed by atoms with van der Waals surface area (Å²) in [6.07, 6.45) is 0.390. The first-order valence-corrected chi connectivity index (χ1v) is 7.33.